The molecule has 0 radical (unpaired) electrons. The quantitative estimate of drug-likeness (QED) is 0.944. The highest BCUT2D eigenvalue weighted by atomic mass is 32.1. The van der Waals surface area contributed by atoms with E-state index in [0.29, 0.717) is 5.69 Å². The molecule has 0 fully saturated rings. The van der Waals surface area contributed by atoms with Gasteiger partial charge in [-0.3, -0.25) is 4.79 Å². The fourth-order valence-electron chi connectivity index (χ4n) is 1.74. The van der Waals surface area contributed by atoms with Gasteiger partial charge in [-0.25, -0.2) is 4.98 Å². The summed E-state index contributed by atoms with van der Waals surface area (Å²) < 4.78 is 0. The molecule has 0 aliphatic rings. The van der Waals surface area contributed by atoms with Gasteiger partial charge in [-0.1, -0.05) is 0 Å². The highest BCUT2D eigenvalue weighted by Gasteiger charge is 2.22. The maximum absolute atomic E-state index is 12.2. The number of aliphatic hydroxyl groups is 1. The highest BCUT2D eigenvalue weighted by molar-refractivity contribution is 7.14. The lowest BCUT2D eigenvalue weighted by molar-refractivity contribution is 0.0365. The molecule has 2 heterocycles. The molecule has 0 atom stereocenters. The number of aromatic nitrogens is 1. The Kier molecular flexibility index (Phi) is 4.03. The molecular formula is C13H16N2O2S2. The smallest absolute Gasteiger partial charge is 0.273 e. The van der Waals surface area contributed by atoms with Crippen LogP contribution < -0.4 is 0 Å². The highest BCUT2D eigenvalue weighted by Crippen LogP contribution is 2.26. The molecule has 0 unspecified atom stereocenters. The predicted molar refractivity (Wildman–Crippen MR) is 78.7 cm³/mol. The number of amides is 1. The van der Waals surface area contributed by atoms with Crippen molar-refractivity contribution in [1.82, 2.24) is 9.88 Å². The van der Waals surface area contributed by atoms with Crippen LogP contribution in [0.25, 0.3) is 10.6 Å². The second-order valence-electron chi connectivity index (χ2n) is 5.02. The number of rotatable bonds is 4. The normalized spacial score (nSPS) is 11.6. The fraction of sp³-hybridized carbons (Fsp3) is 0.385. The first kappa shape index (κ1) is 14.2. The molecule has 1 N–H and O–H groups in total. The number of hydrogen-bond donors (Lipinski definition) is 1. The van der Waals surface area contributed by atoms with Gasteiger partial charge in [0.15, 0.2) is 0 Å². The first-order chi connectivity index (χ1) is 8.87. The number of likely N-dealkylation sites (N-methyl/N-ethyl adjacent to an activating group) is 1. The van der Waals surface area contributed by atoms with Crippen LogP contribution in [-0.2, 0) is 0 Å². The molecule has 2 rings (SSSR count). The Labute approximate surface area is 120 Å². The molecule has 1 amide bonds. The van der Waals surface area contributed by atoms with Gasteiger partial charge in [0.25, 0.3) is 5.91 Å². The Morgan fingerprint density at radius 3 is 2.79 bits per heavy atom. The molecule has 0 saturated heterocycles. The van der Waals surface area contributed by atoms with Crippen LogP contribution in [0.5, 0.6) is 0 Å². The molecule has 0 bridgehead atoms. The van der Waals surface area contributed by atoms with E-state index in [9.17, 15) is 9.90 Å². The van der Waals surface area contributed by atoms with Crippen molar-refractivity contribution >= 4 is 28.6 Å². The number of thiophene rings is 1. The minimum atomic E-state index is -0.906. The minimum Gasteiger partial charge on any atom is -0.389 e. The Hall–Kier alpha value is -1.24. The molecule has 19 heavy (non-hydrogen) atoms. The summed E-state index contributed by atoms with van der Waals surface area (Å²) in [6, 6.07) is 1.98. The van der Waals surface area contributed by atoms with Gasteiger partial charge in [0.05, 0.1) is 5.60 Å². The molecule has 2 aromatic heterocycles. The summed E-state index contributed by atoms with van der Waals surface area (Å²) in [6.45, 7) is 3.63. The van der Waals surface area contributed by atoms with Crippen molar-refractivity contribution in [3.05, 3.63) is 27.9 Å². The van der Waals surface area contributed by atoms with Crippen molar-refractivity contribution < 1.29 is 9.90 Å². The summed E-state index contributed by atoms with van der Waals surface area (Å²) >= 11 is 3.06. The second kappa shape index (κ2) is 5.40. The van der Waals surface area contributed by atoms with E-state index < -0.39 is 5.60 Å². The van der Waals surface area contributed by atoms with Crippen molar-refractivity contribution in [3.8, 4) is 10.6 Å². The molecule has 2 aromatic rings. The van der Waals surface area contributed by atoms with Crippen molar-refractivity contribution in [2.24, 2.45) is 0 Å². The first-order valence-corrected chi connectivity index (χ1v) is 7.65. The van der Waals surface area contributed by atoms with Crippen LogP contribution in [0.1, 0.15) is 24.3 Å². The van der Waals surface area contributed by atoms with Gasteiger partial charge in [-0.05, 0) is 25.3 Å². The summed E-state index contributed by atoms with van der Waals surface area (Å²) in [7, 11) is 1.67. The van der Waals surface area contributed by atoms with Crippen LogP contribution in [0.4, 0.5) is 0 Å². The molecular weight excluding hydrogens is 280 g/mol. The summed E-state index contributed by atoms with van der Waals surface area (Å²) in [4.78, 5) is 18.0. The van der Waals surface area contributed by atoms with Crippen LogP contribution in [0.15, 0.2) is 22.2 Å². The number of thiazole rings is 1. The molecule has 0 aliphatic carbocycles. The Balaban J connectivity index is 2.12. The molecule has 6 heteroatoms. The number of carbonyl (C=O) groups excluding carboxylic acids is 1. The number of carbonyl (C=O) groups is 1. The zero-order valence-electron chi connectivity index (χ0n) is 11.1. The van der Waals surface area contributed by atoms with Gasteiger partial charge >= 0.3 is 0 Å². The molecule has 102 valence electrons. The van der Waals surface area contributed by atoms with E-state index in [2.05, 4.69) is 4.98 Å². The Morgan fingerprint density at radius 2 is 2.21 bits per heavy atom. The maximum Gasteiger partial charge on any atom is 0.273 e. The summed E-state index contributed by atoms with van der Waals surface area (Å²) in [5, 5.41) is 16.3. The lowest BCUT2D eigenvalue weighted by atomic mass is 10.1. The monoisotopic (exact) mass is 296 g/mol. The van der Waals surface area contributed by atoms with E-state index in [1.54, 1.807) is 37.6 Å². The standard InChI is InChI=1S/C13H16N2O2S2/c1-13(2,17)8-15(3)12(16)10-7-19-11(14-10)9-4-5-18-6-9/h4-7,17H,8H2,1-3H3. The molecule has 0 aliphatic heterocycles. The molecule has 4 nitrogen and oxygen atoms in total. The molecule has 0 aromatic carbocycles. The Bertz CT molecular complexity index is 555. The van der Waals surface area contributed by atoms with Gasteiger partial charge in [0.1, 0.15) is 10.7 Å². The van der Waals surface area contributed by atoms with Gasteiger partial charge in [-0.15, -0.1) is 11.3 Å². The van der Waals surface area contributed by atoms with E-state index in [0.717, 1.165) is 10.6 Å². The Morgan fingerprint density at radius 1 is 1.47 bits per heavy atom. The third-order valence-electron chi connectivity index (χ3n) is 2.46. The zero-order valence-corrected chi connectivity index (χ0v) is 12.7. The van der Waals surface area contributed by atoms with Crippen LogP contribution in [0.2, 0.25) is 0 Å². The zero-order chi connectivity index (χ0) is 14.0. The van der Waals surface area contributed by atoms with E-state index in [1.165, 1.54) is 16.2 Å². The van der Waals surface area contributed by atoms with Gasteiger partial charge in [0.2, 0.25) is 0 Å². The van der Waals surface area contributed by atoms with Crippen LogP contribution in [0, 0.1) is 0 Å². The van der Waals surface area contributed by atoms with Crippen molar-refractivity contribution in [1.29, 1.82) is 0 Å². The van der Waals surface area contributed by atoms with E-state index in [1.807, 2.05) is 16.8 Å². The molecule has 0 spiro atoms. The van der Waals surface area contributed by atoms with Crippen LogP contribution >= 0.6 is 22.7 Å². The van der Waals surface area contributed by atoms with Crippen molar-refractivity contribution in [3.63, 3.8) is 0 Å². The van der Waals surface area contributed by atoms with Crippen molar-refractivity contribution in [2.45, 2.75) is 19.4 Å². The first-order valence-electron chi connectivity index (χ1n) is 5.83. The number of nitrogens with zero attached hydrogens (tertiary/aromatic N) is 2. The summed E-state index contributed by atoms with van der Waals surface area (Å²) in [5.41, 5.74) is 0.563. The van der Waals surface area contributed by atoms with E-state index in [4.69, 9.17) is 0 Å². The summed E-state index contributed by atoms with van der Waals surface area (Å²) in [6.07, 6.45) is 0. The SMILES string of the molecule is CN(CC(C)(C)O)C(=O)c1csc(-c2ccsc2)n1. The average molecular weight is 296 g/mol. The lowest BCUT2D eigenvalue weighted by Crippen LogP contribution is -2.39. The van der Waals surface area contributed by atoms with Gasteiger partial charge in [0, 0.05) is 29.9 Å². The maximum atomic E-state index is 12.2. The van der Waals surface area contributed by atoms with Gasteiger partial charge in [-0.2, -0.15) is 11.3 Å². The van der Waals surface area contributed by atoms with Gasteiger partial charge < -0.3 is 10.0 Å². The van der Waals surface area contributed by atoms with Crippen LogP contribution in [0.3, 0.4) is 0 Å². The molecule has 0 saturated carbocycles. The fourth-order valence-corrected chi connectivity index (χ4v) is 3.24. The topological polar surface area (TPSA) is 53.4 Å². The second-order valence-corrected chi connectivity index (χ2v) is 6.66. The van der Waals surface area contributed by atoms with E-state index in [-0.39, 0.29) is 12.5 Å². The lowest BCUT2D eigenvalue weighted by Gasteiger charge is -2.24. The summed E-state index contributed by atoms with van der Waals surface area (Å²) in [5.74, 6) is -0.167. The minimum absolute atomic E-state index is 0.167. The van der Waals surface area contributed by atoms with E-state index >= 15 is 0 Å². The largest absolute Gasteiger partial charge is 0.389 e. The van der Waals surface area contributed by atoms with Crippen LogP contribution in [-0.4, -0.2) is 40.1 Å². The average Bonchev–Trinajstić information content (AvgIpc) is 2.96. The third-order valence-corrected chi connectivity index (χ3v) is 4.04. The van der Waals surface area contributed by atoms with Crippen molar-refractivity contribution in [2.75, 3.05) is 13.6 Å². The third kappa shape index (κ3) is 3.62. The predicted octanol–water partition coefficient (Wildman–Crippen LogP) is 2.71. The number of hydrogen-bond acceptors (Lipinski definition) is 5.